The lowest BCUT2D eigenvalue weighted by Gasteiger charge is -2.19. The fraction of sp³-hybridized carbons (Fsp3) is 0.333. The van der Waals surface area contributed by atoms with Gasteiger partial charge >= 0.3 is 6.18 Å². The van der Waals surface area contributed by atoms with Gasteiger partial charge in [0.2, 0.25) is 5.82 Å². The molecule has 10 heteroatoms. The van der Waals surface area contributed by atoms with Gasteiger partial charge in [-0.3, -0.25) is 9.69 Å². The van der Waals surface area contributed by atoms with Crippen molar-refractivity contribution in [2.45, 2.75) is 25.6 Å². The van der Waals surface area contributed by atoms with E-state index in [0.717, 1.165) is 32.0 Å². The fourth-order valence-electron chi connectivity index (χ4n) is 3.25. The summed E-state index contributed by atoms with van der Waals surface area (Å²) in [7, 11) is 0. The highest BCUT2D eigenvalue weighted by molar-refractivity contribution is 6.01. The summed E-state index contributed by atoms with van der Waals surface area (Å²) in [6.45, 7) is 1.83. The molecule has 3 heterocycles. The molecule has 3 aromatic rings. The standard InChI is InChI=1S/C18H17F3N6O/c19-18(20,21)14-10-13(5-4-12(14)11-26-7-1-2-8-26)23-16(28)15-24-17-22-6-3-9-27(17)25-15/h3-6,9-10H,1-2,7-8,11H2,(H,23,28). The number of hydrogen-bond acceptors (Lipinski definition) is 5. The number of nitrogens with one attached hydrogen (secondary N) is 1. The Kier molecular flexibility index (Phi) is 4.71. The van der Waals surface area contributed by atoms with Crippen molar-refractivity contribution < 1.29 is 18.0 Å². The van der Waals surface area contributed by atoms with Crippen molar-refractivity contribution in [2.75, 3.05) is 18.4 Å². The first kappa shape index (κ1) is 18.4. The van der Waals surface area contributed by atoms with Crippen LogP contribution < -0.4 is 5.32 Å². The number of alkyl halides is 3. The molecule has 0 spiro atoms. The number of carbonyl (C=O) groups excluding carboxylic acids is 1. The minimum Gasteiger partial charge on any atom is -0.319 e. The van der Waals surface area contributed by atoms with E-state index in [1.165, 1.54) is 22.8 Å². The molecule has 1 saturated heterocycles. The van der Waals surface area contributed by atoms with Crippen molar-refractivity contribution in [1.29, 1.82) is 0 Å². The lowest BCUT2D eigenvalue weighted by molar-refractivity contribution is -0.138. The number of nitrogens with zero attached hydrogens (tertiary/aromatic N) is 5. The summed E-state index contributed by atoms with van der Waals surface area (Å²) in [5, 5.41) is 6.40. The molecule has 1 aliphatic rings. The average Bonchev–Trinajstić information content (AvgIpc) is 3.31. The first-order chi connectivity index (χ1) is 13.4. The summed E-state index contributed by atoms with van der Waals surface area (Å²) >= 11 is 0. The molecule has 0 bridgehead atoms. The molecule has 0 unspecified atom stereocenters. The summed E-state index contributed by atoms with van der Waals surface area (Å²) in [6, 6.07) is 5.46. The van der Waals surface area contributed by atoms with Gasteiger partial charge in [0.1, 0.15) is 0 Å². The number of aromatic nitrogens is 4. The van der Waals surface area contributed by atoms with Gasteiger partial charge in [-0.2, -0.15) is 18.2 Å². The van der Waals surface area contributed by atoms with Crippen LogP contribution >= 0.6 is 0 Å². The van der Waals surface area contributed by atoms with E-state index >= 15 is 0 Å². The molecule has 0 radical (unpaired) electrons. The van der Waals surface area contributed by atoms with Crippen LogP contribution in [0.2, 0.25) is 0 Å². The van der Waals surface area contributed by atoms with Crippen LogP contribution in [0, 0.1) is 0 Å². The molecule has 1 amide bonds. The van der Waals surface area contributed by atoms with E-state index in [0.29, 0.717) is 0 Å². The first-order valence-corrected chi connectivity index (χ1v) is 8.81. The maximum Gasteiger partial charge on any atom is 0.416 e. The second-order valence-corrected chi connectivity index (χ2v) is 6.61. The number of amides is 1. The van der Waals surface area contributed by atoms with E-state index in [1.54, 1.807) is 12.3 Å². The van der Waals surface area contributed by atoms with Crippen molar-refractivity contribution in [2.24, 2.45) is 0 Å². The molecule has 0 saturated carbocycles. The molecule has 0 atom stereocenters. The molecule has 1 aliphatic heterocycles. The van der Waals surface area contributed by atoms with Crippen LogP contribution in [0.25, 0.3) is 5.78 Å². The molecule has 0 aliphatic carbocycles. The maximum absolute atomic E-state index is 13.5. The van der Waals surface area contributed by atoms with Crippen LogP contribution in [0.1, 0.15) is 34.6 Å². The highest BCUT2D eigenvalue weighted by Crippen LogP contribution is 2.35. The number of hydrogen-bond donors (Lipinski definition) is 1. The molecular weight excluding hydrogens is 373 g/mol. The largest absolute Gasteiger partial charge is 0.416 e. The molecule has 1 N–H and O–H groups in total. The van der Waals surface area contributed by atoms with Crippen LogP contribution in [0.5, 0.6) is 0 Å². The number of likely N-dealkylation sites (tertiary alicyclic amines) is 1. The Balaban J connectivity index is 1.57. The molecule has 1 fully saturated rings. The third kappa shape index (κ3) is 3.81. The third-order valence-corrected chi connectivity index (χ3v) is 4.59. The van der Waals surface area contributed by atoms with Crippen LogP contribution in [0.3, 0.4) is 0 Å². The van der Waals surface area contributed by atoms with Gasteiger partial charge in [-0.25, -0.2) is 9.50 Å². The normalized spacial score (nSPS) is 15.2. The molecular formula is C18H17F3N6O. The van der Waals surface area contributed by atoms with E-state index in [-0.39, 0.29) is 29.4 Å². The number of benzene rings is 1. The van der Waals surface area contributed by atoms with Crippen LogP contribution in [-0.4, -0.2) is 43.5 Å². The Morgan fingerprint density at radius 3 is 2.71 bits per heavy atom. The summed E-state index contributed by atoms with van der Waals surface area (Å²) < 4.78 is 41.9. The van der Waals surface area contributed by atoms with Crippen molar-refractivity contribution >= 4 is 17.4 Å². The second-order valence-electron chi connectivity index (χ2n) is 6.61. The Labute approximate surface area is 158 Å². The van der Waals surface area contributed by atoms with E-state index in [9.17, 15) is 18.0 Å². The monoisotopic (exact) mass is 390 g/mol. The first-order valence-electron chi connectivity index (χ1n) is 8.81. The quantitative estimate of drug-likeness (QED) is 0.741. The number of fused-ring (bicyclic) bond motifs is 1. The van der Waals surface area contributed by atoms with Crippen LogP contribution in [0.4, 0.5) is 18.9 Å². The molecule has 4 rings (SSSR count). The summed E-state index contributed by atoms with van der Waals surface area (Å²) in [6.07, 6.45) is 0.551. The Hall–Kier alpha value is -3.01. The lowest BCUT2D eigenvalue weighted by Crippen LogP contribution is -2.22. The molecule has 1 aromatic carbocycles. The minimum absolute atomic E-state index is 0.0364. The van der Waals surface area contributed by atoms with Crippen LogP contribution in [-0.2, 0) is 12.7 Å². The lowest BCUT2D eigenvalue weighted by atomic mass is 10.1. The zero-order chi connectivity index (χ0) is 19.7. The molecule has 28 heavy (non-hydrogen) atoms. The van der Waals surface area contributed by atoms with Crippen molar-refractivity contribution in [1.82, 2.24) is 24.5 Å². The van der Waals surface area contributed by atoms with E-state index in [2.05, 4.69) is 20.4 Å². The summed E-state index contributed by atoms with van der Waals surface area (Å²) in [5.41, 5.74) is -0.515. The SMILES string of the molecule is O=C(Nc1ccc(CN2CCCC2)c(C(F)(F)F)c1)c1nc2ncccn2n1. The fourth-order valence-corrected chi connectivity index (χ4v) is 3.25. The Bertz CT molecular complexity index is 977. The predicted molar refractivity (Wildman–Crippen MR) is 94.7 cm³/mol. The molecule has 2 aromatic heterocycles. The molecule has 7 nitrogen and oxygen atoms in total. The zero-order valence-electron chi connectivity index (χ0n) is 14.8. The van der Waals surface area contributed by atoms with Gasteiger partial charge in [-0.15, -0.1) is 5.10 Å². The number of halogens is 3. The van der Waals surface area contributed by atoms with E-state index in [1.807, 2.05) is 4.90 Å². The minimum atomic E-state index is -4.51. The smallest absolute Gasteiger partial charge is 0.319 e. The highest BCUT2D eigenvalue weighted by atomic mass is 19.4. The van der Waals surface area contributed by atoms with Crippen molar-refractivity contribution in [3.63, 3.8) is 0 Å². The van der Waals surface area contributed by atoms with Gasteiger partial charge in [-0.1, -0.05) is 6.07 Å². The zero-order valence-corrected chi connectivity index (χ0v) is 14.8. The summed E-state index contributed by atoms with van der Waals surface area (Å²) in [5.74, 6) is -0.649. The number of rotatable bonds is 4. The van der Waals surface area contributed by atoms with Gasteiger partial charge in [0.15, 0.2) is 0 Å². The van der Waals surface area contributed by atoms with E-state index in [4.69, 9.17) is 0 Å². The topological polar surface area (TPSA) is 75.4 Å². The van der Waals surface area contributed by atoms with E-state index < -0.39 is 17.6 Å². The Morgan fingerprint density at radius 1 is 1.21 bits per heavy atom. The maximum atomic E-state index is 13.5. The van der Waals surface area contributed by atoms with Gasteiger partial charge in [0, 0.05) is 24.6 Å². The van der Waals surface area contributed by atoms with Gasteiger partial charge in [0.05, 0.1) is 5.56 Å². The van der Waals surface area contributed by atoms with Crippen LogP contribution in [0.15, 0.2) is 36.7 Å². The third-order valence-electron chi connectivity index (χ3n) is 4.59. The number of carbonyl (C=O) groups is 1. The van der Waals surface area contributed by atoms with Gasteiger partial charge < -0.3 is 5.32 Å². The average molecular weight is 390 g/mol. The van der Waals surface area contributed by atoms with Gasteiger partial charge in [0.25, 0.3) is 11.7 Å². The Morgan fingerprint density at radius 2 is 2.00 bits per heavy atom. The summed E-state index contributed by atoms with van der Waals surface area (Å²) in [4.78, 5) is 22.3. The van der Waals surface area contributed by atoms with Gasteiger partial charge in [-0.05, 0) is 49.7 Å². The number of anilines is 1. The highest BCUT2D eigenvalue weighted by Gasteiger charge is 2.34. The second kappa shape index (κ2) is 7.19. The molecule has 146 valence electrons. The van der Waals surface area contributed by atoms with Crippen molar-refractivity contribution in [3.05, 3.63) is 53.6 Å². The van der Waals surface area contributed by atoms with Crippen molar-refractivity contribution in [3.8, 4) is 0 Å². The predicted octanol–water partition coefficient (Wildman–Crippen LogP) is 2.99.